The number of benzene rings is 1. The van der Waals surface area contributed by atoms with Gasteiger partial charge in [0.15, 0.2) is 11.7 Å². The molecule has 8 heteroatoms. The van der Waals surface area contributed by atoms with Crippen LogP contribution in [0.4, 0.5) is 5.13 Å². The first-order valence-electron chi connectivity index (χ1n) is 7.47. The van der Waals surface area contributed by atoms with Crippen molar-refractivity contribution in [2.75, 3.05) is 5.32 Å². The first-order chi connectivity index (χ1) is 11.7. The van der Waals surface area contributed by atoms with Crippen molar-refractivity contribution < 1.29 is 9.21 Å². The molecule has 1 N–H and O–H groups in total. The number of anilines is 1. The van der Waals surface area contributed by atoms with Gasteiger partial charge in [0.05, 0.1) is 11.2 Å². The number of carbonyl (C=O) groups excluding carboxylic acids is 1. The molecular formula is C16H15ClN4O2S. The number of halogens is 1. The van der Waals surface area contributed by atoms with Crippen molar-refractivity contribution in [3.8, 4) is 11.3 Å². The summed E-state index contributed by atoms with van der Waals surface area (Å²) in [6.45, 7) is 1.99. The first kappa shape index (κ1) is 16.6. The largest absolute Gasteiger partial charge is 0.441 e. The Bertz CT molecular complexity index is 846. The first-order valence-corrected chi connectivity index (χ1v) is 8.67. The van der Waals surface area contributed by atoms with E-state index in [0.717, 1.165) is 17.0 Å². The average molecular weight is 363 g/mol. The van der Waals surface area contributed by atoms with Gasteiger partial charge in [-0.25, -0.2) is 4.98 Å². The van der Waals surface area contributed by atoms with Crippen LogP contribution < -0.4 is 5.32 Å². The van der Waals surface area contributed by atoms with Crippen molar-refractivity contribution in [3.63, 3.8) is 0 Å². The van der Waals surface area contributed by atoms with E-state index < -0.39 is 0 Å². The molecule has 124 valence electrons. The maximum absolute atomic E-state index is 12.0. The Kier molecular flexibility index (Phi) is 5.22. The number of nitrogens with one attached hydrogen (secondary N) is 1. The maximum atomic E-state index is 12.0. The van der Waals surface area contributed by atoms with Crippen molar-refractivity contribution in [1.82, 2.24) is 15.2 Å². The average Bonchev–Trinajstić information content (AvgIpc) is 3.22. The molecule has 0 radical (unpaired) electrons. The highest BCUT2D eigenvalue weighted by molar-refractivity contribution is 7.15. The normalized spacial score (nSPS) is 10.8. The zero-order valence-electron chi connectivity index (χ0n) is 13.0. The molecule has 0 saturated carbocycles. The van der Waals surface area contributed by atoms with E-state index in [1.807, 2.05) is 25.1 Å². The molecule has 0 spiro atoms. The molecule has 0 aliphatic carbocycles. The summed E-state index contributed by atoms with van der Waals surface area (Å²) < 4.78 is 5.67. The van der Waals surface area contributed by atoms with Gasteiger partial charge in [0.1, 0.15) is 5.01 Å². The Morgan fingerprint density at radius 3 is 2.92 bits per heavy atom. The summed E-state index contributed by atoms with van der Waals surface area (Å²) in [4.78, 5) is 16.2. The standard InChI is InChI=1S/C16H15ClN4O2S/c1-2-15-20-21-16(24-15)19-13(22)7-8-14-18-9-12(23-14)10-5-3-4-6-11(10)17/h3-6,9H,2,7-8H2,1H3,(H,19,21,22). The lowest BCUT2D eigenvalue weighted by Crippen LogP contribution is -2.12. The molecule has 0 bridgehead atoms. The van der Waals surface area contributed by atoms with Crippen LogP contribution in [-0.2, 0) is 17.6 Å². The van der Waals surface area contributed by atoms with Crippen LogP contribution in [0.3, 0.4) is 0 Å². The van der Waals surface area contributed by atoms with E-state index in [1.54, 1.807) is 12.3 Å². The number of amides is 1. The Balaban J connectivity index is 1.57. The molecule has 0 saturated heterocycles. The van der Waals surface area contributed by atoms with Gasteiger partial charge in [-0.1, -0.05) is 42.0 Å². The predicted molar refractivity (Wildman–Crippen MR) is 93.2 cm³/mol. The van der Waals surface area contributed by atoms with E-state index >= 15 is 0 Å². The zero-order chi connectivity index (χ0) is 16.9. The van der Waals surface area contributed by atoms with Gasteiger partial charge in [0, 0.05) is 18.4 Å². The fourth-order valence-corrected chi connectivity index (χ4v) is 2.99. The van der Waals surface area contributed by atoms with Crippen molar-refractivity contribution in [3.05, 3.63) is 46.4 Å². The number of aromatic nitrogens is 3. The lowest BCUT2D eigenvalue weighted by Gasteiger charge is -2.00. The number of rotatable bonds is 6. The molecule has 6 nitrogen and oxygen atoms in total. The topological polar surface area (TPSA) is 80.9 Å². The lowest BCUT2D eigenvalue weighted by molar-refractivity contribution is -0.116. The molecule has 0 aliphatic heterocycles. The van der Waals surface area contributed by atoms with Gasteiger partial charge in [-0.3, -0.25) is 4.79 Å². The van der Waals surface area contributed by atoms with Crippen LogP contribution in [0.5, 0.6) is 0 Å². The number of oxazole rings is 1. The molecule has 0 unspecified atom stereocenters. The Morgan fingerprint density at radius 1 is 1.33 bits per heavy atom. The van der Waals surface area contributed by atoms with Crippen LogP contribution >= 0.6 is 22.9 Å². The summed E-state index contributed by atoms with van der Waals surface area (Å²) in [5.74, 6) is 0.936. The summed E-state index contributed by atoms with van der Waals surface area (Å²) in [6.07, 6.45) is 3.07. The van der Waals surface area contributed by atoms with E-state index in [4.69, 9.17) is 16.0 Å². The second-order valence-corrected chi connectivity index (χ2v) is 6.47. The van der Waals surface area contributed by atoms with Crippen molar-refractivity contribution in [1.29, 1.82) is 0 Å². The lowest BCUT2D eigenvalue weighted by atomic mass is 10.2. The smallest absolute Gasteiger partial charge is 0.226 e. The van der Waals surface area contributed by atoms with Gasteiger partial charge in [0.2, 0.25) is 11.0 Å². The molecule has 0 atom stereocenters. The molecular weight excluding hydrogens is 348 g/mol. The highest BCUT2D eigenvalue weighted by Crippen LogP contribution is 2.28. The summed E-state index contributed by atoms with van der Waals surface area (Å²) in [6, 6.07) is 7.38. The van der Waals surface area contributed by atoms with Crippen LogP contribution in [0.25, 0.3) is 11.3 Å². The second kappa shape index (κ2) is 7.55. The van der Waals surface area contributed by atoms with E-state index in [1.165, 1.54) is 11.3 Å². The summed E-state index contributed by atoms with van der Waals surface area (Å²) in [5.41, 5.74) is 0.781. The third-order valence-electron chi connectivity index (χ3n) is 3.27. The Hall–Kier alpha value is -2.25. The van der Waals surface area contributed by atoms with Gasteiger partial charge >= 0.3 is 0 Å². The number of aryl methyl sites for hydroxylation is 2. The minimum Gasteiger partial charge on any atom is -0.441 e. The highest BCUT2D eigenvalue weighted by Gasteiger charge is 2.12. The third-order valence-corrected chi connectivity index (χ3v) is 4.59. The van der Waals surface area contributed by atoms with Gasteiger partial charge in [0.25, 0.3) is 0 Å². The van der Waals surface area contributed by atoms with Crippen LogP contribution in [0.1, 0.15) is 24.2 Å². The van der Waals surface area contributed by atoms with E-state index in [0.29, 0.717) is 28.2 Å². The van der Waals surface area contributed by atoms with Crippen molar-refractivity contribution >= 4 is 34.0 Å². The van der Waals surface area contributed by atoms with Gasteiger partial charge in [-0.15, -0.1) is 10.2 Å². The Labute approximate surface area is 147 Å². The van der Waals surface area contributed by atoms with Gasteiger partial charge < -0.3 is 9.73 Å². The fourth-order valence-electron chi connectivity index (χ4n) is 2.06. The number of nitrogens with zero attached hydrogens (tertiary/aromatic N) is 3. The molecule has 1 aromatic carbocycles. The van der Waals surface area contributed by atoms with E-state index in [2.05, 4.69) is 20.5 Å². The third kappa shape index (κ3) is 3.98. The maximum Gasteiger partial charge on any atom is 0.226 e. The molecule has 0 fully saturated rings. The molecule has 2 heterocycles. The molecule has 2 aromatic heterocycles. The quantitative estimate of drug-likeness (QED) is 0.717. The summed E-state index contributed by atoms with van der Waals surface area (Å²) >= 11 is 7.51. The fraction of sp³-hybridized carbons (Fsp3) is 0.250. The SMILES string of the molecule is CCc1nnc(NC(=O)CCc2ncc(-c3ccccc3Cl)o2)s1. The van der Waals surface area contributed by atoms with Crippen LogP contribution in [-0.4, -0.2) is 21.1 Å². The minimum atomic E-state index is -0.147. The number of hydrogen-bond acceptors (Lipinski definition) is 6. The van der Waals surface area contributed by atoms with Crippen LogP contribution in [0.15, 0.2) is 34.9 Å². The number of carbonyl (C=O) groups is 1. The molecule has 0 aliphatic rings. The van der Waals surface area contributed by atoms with Gasteiger partial charge in [-0.2, -0.15) is 0 Å². The second-order valence-electron chi connectivity index (χ2n) is 5.00. The number of hydrogen-bond donors (Lipinski definition) is 1. The molecule has 3 aromatic rings. The van der Waals surface area contributed by atoms with E-state index in [9.17, 15) is 4.79 Å². The van der Waals surface area contributed by atoms with Crippen LogP contribution in [0, 0.1) is 0 Å². The zero-order valence-corrected chi connectivity index (χ0v) is 14.5. The monoisotopic (exact) mass is 362 g/mol. The molecule has 24 heavy (non-hydrogen) atoms. The van der Waals surface area contributed by atoms with E-state index in [-0.39, 0.29) is 12.3 Å². The summed E-state index contributed by atoms with van der Waals surface area (Å²) in [7, 11) is 0. The van der Waals surface area contributed by atoms with Crippen molar-refractivity contribution in [2.45, 2.75) is 26.2 Å². The summed E-state index contributed by atoms with van der Waals surface area (Å²) in [5, 5.41) is 12.6. The molecule has 3 rings (SSSR count). The molecule has 1 amide bonds. The van der Waals surface area contributed by atoms with Gasteiger partial charge in [-0.05, 0) is 18.6 Å². The predicted octanol–water partition coefficient (Wildman–Crippen LogP) is 3.98. The highest BCUT2D eigenvalue weighted by atomic mass is 35.5. The van der Waals surface area contributed by atoms with Crippen molar-refractivity contribution in [2.24, 2.45) is 0 Å². The minimum absolute atomic E-state index is 0.147. The Morgan fingerprint density at radius 2 is 2.17 bits per heavy atom. The van der Waals surface area contributed by atoms with Crippen LogP contribution in [0.2, 0.25) is 5.02 Å².